The second kappa shape index (κ2) is 5.09. The molecule has 17 heavy (non-hydrogen) atoms. The zero-order chi connectivity index (χ0) is 12.3. The lowest BCUT2D eigenvalue weighted by Crippen LogP contribution is -1.99. The molecular formula is C11H11BrN4O. The first-order chi connectivity index (χ1) is 8.20. The van der Waals surface area contributed by atoms with E-state index < -0.39 is 0 Å². The molecule has 0 saturated heterocycles. The first-order valence-corrected chi connectivity index (χ1v) is 5.77. The van der Waals surface area contributed by atoms with Gasteiger partial charge in [-0.15, -0.1) is 0 Å². The normalized spacial score (nSPS) is 10.1. The summed E-state index contributed by atoms with van der Waals surface area (Å²) < 4.78 is 6.51. The topological polar surface area (TPSA) is 59.9 Å². The van der Waals surface area contributed by atoms with E-state index in [1.54, 1.807) is 19.4 Å². The van der Waals surface area contributed by atoms with Crippen LogP contribution in [0.3, 0.4) is 0 Å². The van der Waals surface area contributed by atoms with Gasteiger partial charge in [0.05, 0.1) is 11.8 Å². The highest BCUT2D eigenvalue weighted by molar-refractivity contribution is 9.10. The first kappa shape index (κ1) is 11.8. The largest absolute Gasteiger partial charge is 0.437 e. The van der Waals surface area contributed by atoms with Gasteiger partial charge in [0.15, 0.2) is 0 Å². The van der Waals surface area contributed by atoms with Crippen molar-refractivity contribution in [2.24, 2.45) is 0 Å². The molecule has 88 valence electrons. The minimum Gasteiger partial charge on any atom is -0.437 e. The van der Waals surface area contributed by atoms with E-state index in [0.29, 0.717) is 11.6 Å². The Morgan fingerprint density at radius 2 is 2.12 bits per heavy atom. The van der Waals surface area contributed by atoms with Crippen LogP contribution in [-0.2, 0) is 0 Å². The Morgan fingerprint density at radius 3 is 2.82 bits per heavy atom. The van der Waals surface area contributed by atoms with Crippen molar-refractivity contribution in [1.82, 2.24) is 15.0 Å². The quantitative estimate of drug-likeness (QED) is 0.943. The number of nitrogens with one attached hydrogen (secondary N) is 1. The zero-order valence-corrected chi connectivity index (χ0v) is 11.0. The van der Waals surface area contributed by atoms with Gasteiger partial charge < -0.3 is 10.1 Å². The molecule has 0 bridgehead atoms. The van der Waals surface area contributed by atoms with Crippen LogP contribution in [0.2, 0.25) is 0 Å². The number of anilines is 1. The summed E-state index contributed by atoms with van der Waals surface area (Å²) in [5.41, 5.74) is 0.856. The first-order valence-electron chi connectivity index (χ1n) is 4.98. The SMILES string of the molecule is CNc1ncnc(Oc2cncc(Br)c2)c1C. The fraction of sp³-hybridized carbons (Fsp3) is 0.182. The zero-order valence-electron chi connectivity index (χ0n) is 9.44. The third-order valence-electron chi connectivity index (χ3n) is 2.17. The Labute approximate surface area is 107 Å². The van der Waals surface area contributed by atoms with Crippen molar-refractivity contribution in [1.29, 1.82) is 0 Å². The summed E-state index contributed by atoms with van der Waals surface area (Å²) in [4.78, 5) is 12.2. The number of aromatic nitrogens is 3. The summed E-state index contributed by atoms with van der Waals surface area (Å²) >= 11 is 3.33. The maximum absolute atomic E-state index is 5.65. The molecule has 0 spiro atoms. The average Bonchev–Trinajstić information content (AvgIpc) is 2.32. The van der Waals surface area contributed by atoms with E-state index in [-0.39, 0.29) is 0 Å². The molecule has 2 rings (SSSR count). The maximum atomic E-state index is 5.65. The fourth-order valence-electron chi connectivity index (χ4n) is 1.35. The van der Waals surface area contributed by atoms with Crippen molar-refractivity contribution >= 4 is 21.7 Å². The van der Waals surface area contributed by atoms with E-state index in [1.807, 2.05) is 13.0 Å². The highest BCUT2D eigenvalue weighted by Gasteiger charge is 2.08. The Balaban J connectivity index is 2.30. The molecule has 2 aromatic heterocycles. The predicted octanol–water partition coefficient (Wildman–Crippen LogP) is 2.78. The van der Waals surface area contributed by atoms with E-state index in [1.165, 1.54) is 6.33 Å². The molecule has 0 atom stereocenters. The molecular weight excluding hydrogens is 284 g/mol. The molecule has 2 heterocycles. The van der Waals surface area contributed by atoms with Crippen LogP contribution >= 0.6 is 15.9 Å². The number of halogens is 1. The molecule has 1 N–H and O–H groups in total. The second-order valence-electron chi connectivity index (χ2n) is 3.34. The molecule has 0 unspecified atom stereocenters. The molecule has 0 aromatic carbocycles. The second-order valence-corrected chi connectivity index (χ2v) is 4.26. The molecule has 0 aliphatic carbocycles. The number of rotatable bonds is 3. The van der Waals surface area contributed by atoms with Crippen LogP contribution in [0.25, 0.3) is 0 Å². The van der Waals surface area contributed by atoms with Crippen LogP contribution in [0.1, 0.15) is 5.56 Å². The minimum absolute atomic E-state index is 0.518. The smallest absolute Gasteiger partial charge is 0.227 e. The summed E-state index contributed by atoms with van der Waals surface area (Å²) in [6, 6.07) is 1.83. The number of hydrogen-bond donors (Lipinski definition) is 1. The Bertz CT molecular complexity index is 533. The van der Waals surface area contributed by atoms with Gasteiger partial charge in [-0.1, -0.05) is 0 Å². The van der Waals surface area contributed by atoms with Gasteiger partial charge in [0.25, 0.3) is 0 Å². The number of hydrogen-bond acceptors (Lipinski definition) is 5. The van der Waals surface area contributed by atoms with E-state index in [9.17, 15) is 0 Å². The molecule has 0 radical (unpaired) electrons. The van der Waals surface area contributed by atoms with Gasteiger partial charge in [-0.25, -0.2) is 9.97 Å². The van der Waals surface area contributed by atoms with Crippen molar-refractivity contribution in [2.45, 2.75) is 6.92 Å². The van der Waals surface area contributed by atoms with Crippen molar-refractivity contribution in [2.75, 3.05) is 12.4 Å². The highest BCUT2D eigenvalue weighted by atomic mass is 79.9. The van der Waals surface area contributed by atoms with Crippen LogP contribution in [-0.4, -0.2) is 22.0 Å². The fourth-order valence-corrected chi connectivity index (χ4v) is 1.69. The minimum atomic E-state index is 0.518. The van der Waals surface area contributed by atoms with E-state index in [2.05, 4.69) is 36.2 Å². The lowest BCUT2D eigenvalue weighted by molar-refractivity contribution is 0.455. The van der Waals surface area contributed by atoms with Gasteiger partial charge in [0.1, 0.15) is 17.9 Å². The molecule has 5 nitrogen and oxygen atoms in total. The van der Waals surface area contributed by atoms with Gasteiger partial charge in [-0.2, -0.15) is 0 Å². The van der Waals surface area contributed by atoms with Crippen molar-refractivity contribution < 1.29 is 4.74 Å². The monoisotopic (exact) mass is 294 g/mol. The third-order valence-corrected chi connectivity index (χ3v) is 2.60. The Hall–Kier alpha value is -1.69. The van der Waals surface area contributed by atoms with Gasteiger partial charge in [-0.05, 0) is 28.9 Å². The maximum Gasteiger partial charge on any atom is 0.227 e. The average molecular weight is 295 g/mol. The van der Waals surface area contributed by atoms with E-state index in [0.717, 1.165) is 15.9 Å². The van der Waals surface area contributed by atoms with Crippen LogP contribution in [0.4, 0.5) is 5.82 Å². The molecule has 0 aliphatic heterocycles. The Kier molecular flexibility index (Phi) is 3.53. The predicted molar refractivity (Wildman–Crippen MR) is 68.3 cm³/mol. The van der Waals surface area contributed by atoms with Crippen LogP contribution in [0.5, 0.6) is 11.6 Å². The summed E-state index contributed by atoms with van der Waals surface area (Å²) in [7, 11) is 1.81. The standard InChI is InChI=1S/C11H11BrN4O/c1-7-10(13-2)15-6-16-11(7)17-9-3-8(12)4-14-5-9/h3-6H,1-2H3,(H,13,15,16). The highest BCUT2D eigenvalue weighted by Crippen LogP contribution is 2.26. The Morgan fingerprint density at radius 1 is 1.29 bits per heavy atom. The lowest BCUT2D eigenvalue weighted by Gasteiger charge is -2.09. The molecule has 2 aromatic rings. The van der Waals surface area contributed by atoms with E-state index >= 15 is 0 Å². The van der Waals surface area contributed by atoms with Crippen LogP contribution < -0.4 is 10.1 Å². The van der Waals surface area contributed by atoms with Crippen molar-refractivity contribution in [3.8, 4) is 11.6 Å². The van der Waals surface area contributed by atoms with E-state index in [4.69, 9.17) is 4.74 Å². The van der Waals surface area contributed by atoms with Gasteiger partial charge in [0, 0.05) is 17.7 Å². The van der Waals surface area contributed by atoms with Crippen molar-refractivity contribution in [3.63, 3.8) is 0 Å². The number of nitrogens with zero attached hydrogens (tertiary/aromatic N) is 3. The van der Waals surface area contributed by atoms with Gasteiger partial charge in [-0.3, -0.25) is 4.98 Å². The van der Waals surface area contributed by atoms with Crippen LogP contribution in [0, 0.1) is 6.92 Å². The molecule has 0 amide bonds. The summed E-state index contributed by atoms with van der Waals surface area (Å²) in [6.07, 6.45) is 4.78. The number of ether oxygens (including phenoxy) is 1. The van der Waals surface area contributed by atoms with Crippen molar-refractivity contribution in [3.05, 3.63) is 34.8 Å². The lowest BCUT2D eigenvalue weighted by atomic mass is 10.3. The molecule has 0 fully saturated rings. The summed E-state index contributed by atoms with van der Waals surface area (Å²) in [6.45, 7) is 1.90. The third kappa shape index (κ3) is 2.71. The summed E-state index contributed by atoms with van der Waals surface area (Å²) in [5, 5.41) is 2.98. The molecule has 0 aliphatic rings. The number of pyridine rings is 1. The molecule has 0 saturated carbocycles. The van der Waals surface area contributed by atoms with Gasteiger partial charge >= 0.3 is 0 Å². The van der Waals surface area contributed by atoms with Crippen LogP contribution in [0.15, 0.2) is 29.3 Å². The van der Waals surface area contributed by atoms with Gasteiger partial charge in [0.2, 0.25) is 5.88 Å². The summed E-state index contributed by atoms with van der Waals surface area (Å²) in [5.74, 6) is 1.89. The molecule has 6 heteroatoms.